The highest BCUT2D eigenvalue weighted by Crippen LogP contribution is 2.17. The summed E-state index contributed by atoms with van der Waals surface area (Å²) in [5.41, 5.74) is 2.08. The molecule has 6 nitrogen and oxygen atoms in total. The fourth-order valence-corrected chi connectivity index (χ4v) is 3.46. The molecule has 2 heterocycles. The molecule has 7 heteroatoms. The first-order valence-electron chi connectivity index (χ1n) is 10.2. The molecule has 2 rings (SSSR count). The van der Waals surface area contributed by atoms with Crippen molar-refractivity contribution in [3.8, 4) is 0 Å². The summed E-state index contributed by atoms with van der Waals surface area (Å²) < 4.78 is 1.76. The topological polar surface area (TPSA) is 83.7 Å². The smallest absolute Gasteiger partial charge is 0.303 e. The number of aryl methyl sites for hydroxylation is 1. The third-order valence-electron chi connectivity index (χ3n) is 4.81. The van der Waals surface area contributed by atoms with Gasteiger partial charge in [-0.2, -0.15) is 0 Å². The zero-order valence-corrected chi connectivity index (χ0v) is 17.3. The van der Waals surface area contributed by atoms with Crippen molar-refractivity contribution in [2.24, 2.45) is 0 Å². The molecule has 0 spiro atoms. The maximum atomic E-state index is 12.6. The largest absolute Gasteiger partial charge is 0.481 e. The Hall–Kier alpha value is -2.08. The minimum absolute atomic E-state index is 0.106. The van der Waals surface area contributed by atoms with Gasteiger partial charge in [0.1, 0.15) is 11.3 Å². The van der Waals surface area contributed by atoms with Crippen LogP contribution in [0.25, 0.3) is 5.65 Å². The van der Waals surface area contributed by atoms with Crippen molar-refractivity contribution < 1.29 is 14.7 Å². The van der Waals surface area contributed by atoms with Crippen LogP contribution in [0.4, 0.5) is 0 Å². The van der Waals surface area contributed by atoms with Crippen LogP contribution in [-0.4, -0.2) is 32.9 Å². The minimum atomic E-state index is -0.708. The monoisotopic (exact) mass is 407 g/mol. The van der Waals surface area contributed by atoms with Crippen molar-refractivity contribution in [1.29, 1.82) is 0 Å². The molecule has 0 bridgehead atoms. The average molecular weight is 408 g/mol. The Morgan fingerprint density at radius 1 is 1.07 bits per heavy atom. The van der Waals surface area contributed by atoms with E-state index in [9.17, 15) is 9.59 Å². The van der Waals surface area contributed by atoms with Gasteiger partial charge in [-0.05, 0) is 31.4 Å². The Bertz CT molecular complexity index is 789. The highest BCUT2D eigenvalue weighted by Gasteiger charge is 2.17. The number of nitrogens with zero attached hydrogens (tertiary/aromatic N) is 2. The highest BCUT2D eigenvalue weighted by atomic mass is 35.5. The SMILES string of the molecule is CCc1nc2ccc(Cl)cn2c1C(=O)NCCCCCCCCCCC(=O)O. The van der Waals surface area contributed by atoms with Gasteiger partial charge in [-0.3, -0.25) is 14.0 Å². The molecule has 0 fully saturated rings. The number of nitrogens with one attached hydrogen (secondary N) is 1. The van der Waals surface area contributed by atoms with Gasteiger partial charge in [-0.25, -0.2) is 4.98 Å². The highest BCUT2D eigenvalue weighted by molar-refractivity contribution is 6.30. The van der Waals surface area contributed by atoms with Crippen molar-refractivity contribution in [3.63, 3.8) is 0 Å². The number of hydrogen-bond acceptors (Lipinski definition) is 3. The lowest BCUT2D eigenvalue weighted by molar-refractivity contribution is -0.137. The summed E-state index contributed by atoms with van der Waals surface area (Å²) in [6.45, 7) is 2.64. The molecular weight excluding hydrogens is 378 g/mol. The number of aliphatic carboxylic acids is 1. The van der Waals surface area contributed by atoms with Crippen molar-refractivity contribution >= 4 is 29.1 Å². The summed E-state index contributed by atoms with van der Waals surface area (Å²) in [5, 5.41) is 12.2. The summed E-state index contributed by atoms with van der Waals surface area (Å²) in [7, 11) is 0. The van der Waals surface area contributed by atoms with Crippen LogP contribution in [0.15, 0.2) is 18.3 Å². The number of carboxylic acid groups (broad SMARTS) is 1. The van der Waals surface area contributed by atoms with Crippen LogP contribution < -0.4 is 5.32 Å². The van der Waals surface area contributed by atoms with Crippen LogP contribution in [0.3, 0.4) is 0 Å². The van der Waals surface area contributed by atoms with Crippen molar-refractivity contribution in [1.82, 2.24) is 14.7 Å². The second-order valence-corrected chi connectivity index (χ2v) is 7.50. The molecule has 2 aromatic heterocycles. The van der Waals surface area contributed by atoms with E-state index in [1.165, 1.54) is 0 Å². The van der Waals surface area contributed by atoms with E-state index in [0.29, 0.717) is 23.7 Å². The van der Waals surface area contributed by atoms with Crippen molar-refractivity contribution in [3.05, 3.63) is 34.7 Å². The lowest BCUT2D eigenvalue weighted by atomic mass is 10.1. The summed E-state index contributed by atoms with van der Waals surface area (Å²) in [5.74, 6) is -0.815. The van der Waals surface area contributed by atoms with Gasteiger partial charge in [0.15, 0.2) is 0 Å². The number of rotatable bonds is 13. The molecule has 0 saturated heterocycles. The Balaban J connectivity index is 1.66. The first-order chi connectivity index (χ1) is 13.5. The van der Waals surface area contributed by atoms with Crippen LogP contribution in [-0.2, 0) is 11.2 Å². The first-order valence-corrected chi connectivity index (χ1v) is 10.6. The van der Waals surface area contributed by atoms with E-state index in [1.54, 1.807) is 16.7 Å². The fourth-order valence-electron chi connectivity index (χ4n) is 3.30. The van der Waals surface area contributed by atoms with Gasteiger partial charge in [-0.15, -0.1) is 0 Å². The third-order valence-corrected chi connectivity index (χ3v) is 5.03. The predicted octanol–water partition coefficient (Wildman–Crippen LogP) is 4.88. The lowest BCUT2D eigenvalue weighted by Gasteiger charge is -2.07. The molecule has 0 aliphatic carbocycles. The molecular formula is C21H30ClN3O3. The van der Waals surface area contributed by atoms with Gasteiger partial charge >= 0.3 is 5.97 Å². The van der Waals surface area contributed by atoms with Gasteiger partial charge in [0.2, 0.25) is 0 Å². The Labute approximate surface area is 171 Å². The summed E-state index contributed by atoms with van der Waals surface area (Å²) in [6, 6.07) is 3.59. The lowest BCUT2D eigenvalue weighted by Crippen LogP contribution is -2.26. The van der Waals surface area contributed by atoms with E-state index in [2.05, 4.69) is 10.3 Å². The van der Waals surface area contributed by atoms with Gasteiger partial charge in [0, 0.05) is 19.2 Å². The molecule has 0 radical (unpaired) electrons. The molecule has 0 aliphatic heterocycles. The molecule has 0 saturated carbocycles. The summed E-state index contributed by atoms with van der Waals surface area (Å²) in [6.07, 6.45) is 11.0. The molecule has 0 aromatic carbocycles. The quantitative estimate of drug-likeness (QED) is 0.463. The number of carboxylic acids is 1. The fraction of sp³-hybridized carbons (Fsp3) is 0.571. The van der Waals surface area contributed by atoms with Gasteiger partial charge in [0.05, 0.1) is 10.7 Å². The zero-order chi connectivity index (χ0) is 20.4. The average Bonchev–Trinajstić information content (AvgIpc) is 3.03. The second kappa shape index (κ2) is 11.7. The number of imidazole rings is 1. The molecule has 0 atom stereocenters. The summed E-state index contributed by atoms with van der Waals surface area (Å²) in [4.78, 5) is 27.6. The number of carbonyl (C=O) groups excluding carboxylic acids is 1. The second-order valence-electron chi connectivity index (χ2n) is 7.06. The van der Waals surface area contributed by atoms with E-state index >= 15 is 0 Å². The van der Waals surface area contributed by atoms with Crippen LogP contribution >= 0.6 is 11.6 Å². The standard InChI is InChI=1S/C21H30ClN3O3/c1-2-17-20(25-15-16(22)12-13-18(25)24-17)21(28)23-14-10-8-6-4-3-5-7-9-11-19(26)27/h12-13,15H,2-11,14H2,1H3,(H,23,28)(H,26,27). The number of hydrogen-bond donors (Lipinski definition) is 2. The number of aromatic nitrogens is 2. The Morgan fingerprint density at radius 3 is 2.36 bits per heavy atom. The molecule has 1 amide bonds. The maximum Gasteiger partial charge on any atom is 0.303 e. The number of fused-ring (bicyclic) bond motifs is 1. The molecule has 28 heavy (non-hydrogen) atoms. The summed E-state index contributed by atoms with van der Waals surface area (Å²) >= 11 is 6.07. The van der Waals surface area contributed by atoms with E-state index < -0.39 is 5.97 Å². The van der Waals surface area contributed by atoms with E-state index in [4.69, 9.17) is 16.7 Å². The van der Waals surface area contributed by atoms with Crippen LogP contribution in [0.5, 0.6) is 0 Å². The van der Waals surface area contributed by atoms with Gasteiger partial charge in [-0.1, -0.05) is 57.0 Å². The third kappa shape index (κ3) is 6.82. The molecule has 2 N–H and O–H groups in total. The van der Waals surface area contributed by atoms with E-state index in [1.807, 2.05) is 13.0 Å². The Kier molecular flexibility index (Phi) is 9.28. The van der Waals surface area contributed by atoms with Crippen LogP contribution in [0.2, 0.25) is 5.02 Å². The first kappa shape index (κ1) is 22.2. The number of pyridine rings is 1. The van der Waals surface area contributed by atoms with E-state index in [-0.39, 0.29) is 12.3 Å². The predicted molar refractivity (Wildman–Crippen MR) is 111 cm³/mol. The van der Waals surface area contributed by atoms with E-state index in [0.717, 1.165) is 62.7 Å². The molecule has 154 valence electrons. The molecule has 0 unspecified atom stereocenters. The number of halogens is 1. The normalized spacial score (nSPS) is 11.1. The van der Waals surface area contributed by atoms with Gasteiger partial charge in [0.25, 0.3) is 5.91 Å². The van der Waals surface area contributed by atoms with Crippen LogP contribution in [0.1, 0.15) is 80.9 Å². The number of carbonyl (C=O) groups is 2. The van der Waals surface area contributed by atoms with Crippen LogP contribution in [0, 0.1) is 0 Å². The minimum Gasteiger partial charge on any atom is -0.481 e. The van der Waals surface area contributed by atoms with Crippen molar-refractivity contribution in [2.75, 3.05) is 6.54 Å². The number of unbranched alkanes of at least 4 members (excludes halogenated alkanes) is 7. The maximum absolute atomic E-state index is 12.6. The molecule has 0 aliphatic rings. The molecule has 2 aromatic rings. The van der Waals surface area contributed by atoms with Crippen molar-refractivity contribution in [2.45, 2.75) is 71.1 Å². The number of amides is 1. The Morgan fingerprint density at radius 2 is 1.71 bits per heavy atom. The van der Waals surface area contributed by atoms with Gasteiger partial charge < -0.3 is 10.4 Å². The zero-order valence-electron chi connectivity index (χ0n) is 16.5.